The van der Waals surface area contributed by atoms with E-state index < -0.39 is 5.97 Å². The minimum atomic E-state index is -0.798. The summed E-state index contributed by atoms with van der Waals surface area (Å²) in [5, 5.41) is 8.76. The van der Waals surface area contributed by atoms with Gasteiger partial charge in [0, 0.05) is 18.9 Å². The Hall–Kier alpha value is -1.39. The van der Waals surface area contributed by atoms with Crippen molar-refractivity contribution in [2.45, 2.75) is 58.4 Å². The van der Waals surface area contributed by atoms with E-state index in [4.69, 9.17) is 5.11 Å². The number of likely N-dealkylation sites (tertiary alicyclic amines) is 1. The second-order valence-electron chi connectivity index (χ2n) is 5.03. The molecule has 0 aromatic heterocycles. The van der Waals surface area contributed by atoms with Crippen LogP contribution in [-0.2, 0) is 14.4 Å². The molecular formula is C13H21NO4. The molecule has 1 aliphatic rings. The van der Waals surface area contributed by atoms with E-state index in [1.807, 2.05) is 6.92 Å². The summed E-state index contributed by atoms with van der Waals surface area (Å²) < 4.78 is 0. The lowest BCUT2D eigenvalue weighted by molar-refractivity contribution is -0.151. The number of carbonyl (C=O) groups is 3. The van der Waals surface area contributed by atoms with E-state index in [9.17, 15) is 14.4 Å². The summed E-state index contributed by atoms with van der Waals surface area (Å²) in [6, 6.07) is -0.119. The molecular weight excluding hydrogens is 234 g/mol. The van der Waals surface area contributed by atoms with Crippen molar-refractivity contribution in [3.63, 3.8) is 0 Å². The Kier molecular flexibility index (Phi) is 5.31. The summed E-state index contributed by atoms with van der Waals surface area (Å²) in [6.07, 6.45) is 3.51. The van der Waals surface area contributed by atoms with Crippen LogP contribution < -0.4 is 0 Å². The Bertz CT molecular complexity index is 324. The second kappa shape index (κ2) is 6.52. The van der Waals surface area contributed by atoms with Gasteiger partial charge in [0.2, 0.25) is 11.8 Å². The highest BCUT2D eigenvalue weighted by Gasteiger charge is 2.29. The zero-order valence-corrected chi connectivity index (χ0v) is 11.0. The summed E-state index contributed by atoms with van der Waals surface area (Å²) in [7, 11) is 0. The highest BCUT2D eigenvalue weighted by atomic mass is 16.4. The third kappa shape index (κ3) is 3.82. The fraction of sp³-hybridized carbons (Fsp3) is 0.769. The zero-order valence-electron chi connectivity index (χ0n) is 11.0. The van der Waals surface area contributed by atoms with Gasteiger partial charge in [-0.3, -0.25) is 19.3 Å². The number of aliphatic carboxylic acids is 1. The lowest BCUT2D eigenvalue weighted by Crippen LogP contribution is -2.45. The van der Waals surface area contributed by atoms with Gasteiger partial charge in [-0.15, -0.1) is 0 Å². The van der Waals surface area contributed by atoms with Crippen LogP contribution in [0, 0.1) is 5.92 Å². The molecule has 2 amide bonds. The largest absolute Gasteiger partial charge is 0.481 e. The number of hydrogen-bond donors (Lipinski definition) is 1. The van der Waals surface area contributed by atoms with Gasteiger partial charge in [-0.05, 0) is 26.2 Å². The van der Waals surface area contributed by atoms with Crippen molar-refractivity contribution in [1.29, 1.82) is 0 Å². The molecule has 2 unspecified atom stereocenters. The number of carbonyl (C=O) groups excluding carboxylic acids is 2. The number of piperidine rings is 1. The quantitative estimate of drug-likeness (QED) is 0.734. The fourth-order valence-corrected chi connectivity index (χ4v) is 2.23. The molecule has 5 heteroatoms. The van der Waals surface area contributed by atoms with Crippen LogP contribution in [0.3, 0.4) is 0 Å². The fourth-order valence-electron chi connectivity index (χ4n) is 2.23. The van der Waals surface area contributed by atoms with E-state index in [2.05, 4.69) is 0 Å². The molecule has 18 heavy (non-hydrogen) atoms. The predicted octanol–water partition coefficient (Wildman–Crippen LogP) is 1.81. The van der Waals surface area contributed by atoms with Crippen LogP contribution in [0.5, 0.6) is 0 Å². The normalized spacial score (nSPS) is 19.8. The maximum atomic E-state index is 11.7. The average Bonchev–Trinajstić information content (AvgIpc) is 2.28. The van der Waals surface area contributed by atoms with Gasteiger partial charge in [0.05, 0.1) is 5.92 Å². The number of rotatable bonds is 6. The molecule has 0 spiro atoms. The standard InChI is InChI=1S/C13H21NO4/c1-9(13(17)18)5-3-6-10(2)14-11(15)7-4-8-12(14)16/h9-10H,3-8H2,1-2H3,(H,17,18). The molecule has 1 N–H and O–H groups in total. The maximum absolute atomic E-state index is 11.7. The van der Waals surface area contributed by atoms with Crippen LogP contribution in [0.1, 0.15) is 52.4 Å². The molecule has 2 atom stereocenters. The number of amides is 2. The first kappa shape index (κ1) is 14.7. The highest BCUT2D eigenvalue weighted by molar-refractivity contribution is 5.97. The van der Waals surface area contributed by atoms with E-state index in [0.29, 0.717) is 38.5 Å². The molecule has 1 rings (SSSR count). The van der Waals surface area contributed by atoms with Gasteiger partial charge in [-0.2, -0.15) is 0 Å². The van der Waals surface area contributed by atoms with Crippen LogP contribution in [0.4, 0.5) is 0 Å². The summed E-state index contributed by atoms with van der Waals surface area (Å²) in [6.45, 7) is 3.52. The van der Waals surface area contributed by atoms with Gasteiger partial charge in [-0.1, -0.05) is 13.3 Å². The van der Waals surface area contributed by atoms with Gasteiger partial charge in [0.1, 0.15) is 0 Å². The first-order valence-corrected chi connectivity index (χ1v) is 6.51. The molecule has 0 aromatic carbocycles. The third-order valence-electron chi connectivity index (χ3n) is 3.44. The van der Waals surface area contributed by atoms with Crippen LogP contribution in [0.25, 0.3) is 0 Å². The SMILES string of the molecule is CC(CCCC(C)N1C(=O)CCCC1=O)C(=O)O. The monoisotopic (exact) mass is 255 g/mol. The molecule has 1 saturated heterocycles. The number of imide groups is 1. The maximum Gasteiger partial charge on any atom is 0.306 e. The number of carboxylic acids is 1. The number of hydrogen-bond acceptors (Lipinski definition) is 3. The third-order valence-corrected chi connectivity index (χ3v) is 3.44. The van der Waals surface area contributed by atoms with Crippen LogP contribution in [0.2, 0.25) is 0 Å². The van der Waals surface area contributed by atoms with E-state index in [-0.39, 0.29) is 23.8 Å². The molecule has 0 aromatic rings. The summed E-state index contributed by atoms with van der Waals surface area (Å²) >= 11 is 0. The van der Waals surface area contributed by atoms with Gasteiger partial charge >= 0.3 is 5.97 Å². The van der Waals surface area contributed by atoms with Crippen molar-refractivity contribution in [2.75, 3.05) is 0 Å². The van der Waals surface area contributed by atoms with Crippen molar-refractivity contribution < 1.29 is 19.5 Å². The number of carboxylic acid groups (broad SMARTS) is 1. The molecule has 0 bridgehead atoms. The van der Waals surface area contributed by atoms with Crippen molar-refractivity contribution in [3.8, 4) is 0 Å². The van der Waals surface area contributed by atoms with Gasteiger partial charge < -0.3 is 5.11 Å². The van der Waals surface area contributed by atoms with Crippen LogP contribution >= 0.6 is 0 Å². The minimum Gasteiger partial charge on any atom is -0.481 e. The van der Waals surface area contributed by atoms with Crippen molar-refractivity contribution >= 4 is 17.8 Å². The second-order valence-corrected chi connectivity index (χ2v) is 5.03. The summed E-state index contributed by atoms with van der Waals surface area (Å²) in [5.41, 5.74) is 0. The molecule has 1 aliphatic heterocycles. The van der Waals surface area contributed by atoms with E-state index in [0.717, 1.165) is 0 Å². The molecule has 1 heterocycles. The summed E-state index contributed by atoms with van der Waals surface area (Å²) in [4.78, 5) is 35.3. The molecule has 1 fully saturated rings. The van der Waals surface area contributed by atoms with Gasteiger partial charge in [-0.25, -0.2) is 0 Å². The smallest absolute Gasteiger partial charge is 0.306 e. The highest BCUT2D eigenvalue weighted by Crippen LogP contribution is 2.19. The number of nitrogens with zero attached hydrogens (tertiary/aromatic N) is 1. The van der Waals surface area contributed by atoms with E-state index in [1.54, 1.807) is 6.92 Å². The van der Waals surface area contributed by atoms with Gasteiger partial charge in [0.25, 0.3) is 0 Å². The molecule has 5 nitrogen and oxygen atoms in total. The lowest BCUT2D eigenvalue weighted by atomic mass is 10.00. The Labute approximate surface area is 107 Å². The van der Waals surface area contributed by atoms with E-state index in [1.165, 1.54) is 4.90 Å². The Balaban J connectivity index is 2.40. The molecule has 102 valence electrons. The van der Waals surface area contributed by atoms with Crippen molar-refractivity contribution in [1.82, 2.24) is 4.90 Å². The Morgan fingerprint density at radius 2 is 1.78 bits per heavy atom. The lowest BCUT2D eigenvalue weighted by Gasteiger charge is -2.30. The van der Waals surface area contributed by atoms with Crippen LogP contribution in [0.15, 0.2) is 0 Å². The van der Waals surface area contributed by atoms with Crippen molar-refractivity contribution in [3.05, 3.63) is 0 Å². The van der Waals surface area contributed by atoms with E-state index >= 15 is 0 Å². The minimum absolute atomic E-state index is 0.0926. The van der Waals surface area contributed by atoms with Gasteiger partial charge in [0.15, 0.2) is 0 Å². The molecule has 0 radical (unpaired) electrons. The average molecular weight is 255 g/mol. The predicted molar refractivity (Wildman–Crippen MR) is 65.8 cm³/mol. The Morgan fingerprint density at radius 1 is 1.22 bits per heavy atom. The first-order valence-electron chi connectivity index (χ1n) is 6.51. The topological polar surface area (TPSA) is 74.7 Å². The summed E-state index contributed by atoms with van der Waals surface area (Å²) in [5.74, 6) is -1.35. The zero-order chi connectivity index (χ0) is 13.7. The molecule has 0 saturated carbocycles. The van der Waals surface area contributed by atoms with Crippen LogP contribution in [-0.4, -0.2) is 33.8 Å². The molecule has 0 aliphatic carbocycles. The Morgan fingerprint density at radius 3 is 2.28 bits per heavy atom. The first-order chi connectivity index (χ1) is 8.43. The van der Waals surface area contributed by atoms with Crippen molar-refractivity contribution in [2.24, 2.45) is 5.92 Å².